The Bertz CT molecular complexity index is 1560. The molecule has 0 fully saturated rings. The Labute approximate surface area is 196 Å². The van der Waals surface area contributed by atoms with Crippen LogP contribution >= 0.6 is 0 Å². The van der Waals surface area contributed by atoms with Crippen LogP contribution in [-0.2, 0) is 28.6 Å². The molecule has 0 bridgehead atoms. The van der Waals surface area contributed by atoms with Crippen molar-refractivity contribution >= 4 is 20.2 Å². The molecule has 0 spiro atoms. The Balaban J connectivity index is 2.07. The van der Waals surface area contributed by atoms with Crippen molar-refractivity contribution in [3.8, 4) is 12.1 Å². The number of benzene rings is 2. The summed E-state index contributed by atoms with van der Waals surface area (Å²) < 4.78 is 160. The molecule has 0 saturated carbocycles. The summed E-state index contributed by atoms with van der Waals surface area (Å²) in [7, 11) is -11.0. The average molecular weight is 554 g/mol. The Morgan fingerprint density at radius 3 is 1.33 bits per heavy atom. The van der Waals surface area contributed by atoms with Gasteiger partial charge in [-0.1, -0.05) is 0 Å². The Morgan fingerprint density at radius 1 is 0.611 bits per heavy atom. The third-order valence-corrected chi connectivity index (χ3v) is 8.32. The van der Waals surface area contributed by atoms with Gasteiger partial charge in [0.05, 0.1) is 5.56 Å². The molecule has 2 atom stereocenters. The molecular weight excluding hydrogens is 549 g/mol. The zero-order valence-electron chi connectivity index (χ0n) is 17.0. The second-order valence-corrected chi connectivity index (χ2v) is 10.3. The van der Waals surface area contributed by atoms with Crippen LogP contribution in [0.1, 0.15) is 40.0 Å². The van der Waals surface area contributed by atoms with Gasteiger partial charge in [0.2, 0.25) is 0 Å². The van der Waals surface area contributed by atoms with Gasteiger partial charge in [0, 0.05) is 5.56 Å². The summed E-state index contributed by atoms with van der Waals surface area (Å²) >= 11 is 0. The third-order valence-electron chi connectivity index (χ3n) is 5.35. The van der Waals surface area contributed by atoms with Crippen LogP contribution in [0.2, 0.25) is 0 Å². The lowest BCUT2D eigenvalue weighted by Gasteiger charge is -2.19. The highest BCUT2D eigenvalue weighted by Gasteiger charge is 2.58. The van der Waals surface area contributed by atoms with Crippen molar-refractivity contribution in [1.82, 2.24) is 0 Å². The molecule has 2 aliphatic heterocycles. The fourth-order valence-corrected chi connectivity index (χ4v) is 7.15. The van der Waals surface area contributed by atoms with Gasteiger partial charge in [0.25, 0.3) is 20.2 Å². The van der Waals surface area contributed by atoms with Gasteiger partial charge >= 0.3 is 0 Å². The summed E-state index contributed by atoms with van der Waals surface area (Å²) in [6.45, 7) is 0.715. The third kappa shape index (κ3) is 3.24. The summed E-state index contributed by atoms with van der Waals surface area (Å²) in [6.07, 6.45) is -5.68. The van der Waals surface area contributed by atoms with Crippen LogP contribution < -0.4 is 0 Å². The SMILES string of the molecule is Cc1c(F)c(C#N)c(F)c(F)c1C1OS(=O)(=O)C2=C1S(=O)(=O)OC2c1c(F)c(F)c(C#N)c(F)c1F. The fraction of sp³-hybridized carbons (Fsp3) is 0.158. The highest BCUT2D eigenvalue weighted by atomic mass is 32.2. The van der Waals surface area contributed by atoms with E-state index in [0.29, 0.717) is 6.92 Å². The maximum absolute atomic E-state index is 14.8. The minimum absolute atomic E-state index is 0.715. The number of nitrogens with zero attached hydrogens (tertiary/aromatic N) is 2. The second-order valence-electron chi connectivity index (χ2n) is 7.21. The van der Waals surface area contributed by atoms with Crippen molar-refractivity contribution < 1.29 is 55.9 Å². The number of hydrogen-bond donors (Lipinski definition) is 0. The molecule has 0 saturated heterocycles. The number of rotatable bonds is 2. The Kier molecular flexibility index (Phi) is 5.68. The lowest BCUT2D eigenvalue weighted by Crippen LogP contribution is -2.20. The molecule has 2 aliphatic rings. The van der Waals surface area contributed by atoms with E-state index in [1.807, 2.05) is 0 Å². The first-order valence-corrected chi connectivity index (χ1v) is 11.9. The van der Waals surface area contributed by atoms with Gasteiger partial charge in [-0.05, 0) is 12.5 Å². The summed E-state index contributed by atoms with van der Waals surface area (Å²) in [5.41, 5.74) is -7.44. The molecule has 0 radical (unpaired) electrons. The van der Waals surface area contributed by atoms with Crippen LogP contribution in [-0.4, -0.2) is 16.8 Å². The van der Waals surface area contributed by atoms with Crippen molar-refractivity contribution in [1.29, 1.82) is 10.5 Å². The largest absolute Gasteiger partial charge is 0.298 e. The van der Waals surface area contributed by atoms with Crippen molar-refractivity contribution in [3.63, 3.8) is 0 Å². The summed E-state index contributed by atoms with van der Waals surface area (Å²) in [5, 5.41) is 17.5. The lowest BCUT2D eigenvalue weighted by molar-refractivity contribution is 0.232. The first-order valence-electron chi connectivity index (χ1n) is 9.05. The van der Waals surface area contributed by atoms with Crippen LogP contribution in [0.15, 0.2) is 9.81 Å². The van der Waals surface area contributed by atoms with E-state index in [9.17, 15) is 47.6 Å². The number of halogens is 7. The van der Waals surface area contributed by atoms with E-state index in [1.165, 1.54) is 0 Å². The van der Waals surface area contributed by atoms with Crippen LogP contribution in [0.5, 0.6) is 0 Å². The first kappa shape index (κ1) is 25.6. The van der Waals surface area contributed by atoms with Crippen LogP contribution in [0.4, 0.5) is 30.7 Å². The highest BCUT2D eigenvalue weighted by molar-refractivity contribution is 7.96. The summed E-state index contributed by atoms with van der Waals surface area (Å²) in [4.78, 5) is -3.24. The van der Waals surface area contributed by atoms with E-state index in [0.717, 1.165) is 12.1 Å². The zero-order chi connectivity index (χ0) is 27.1. The van der Waals surface area contributed by atoms with Gasteiger partial charge in [-0.2, -0.15) is 27.4 Å². The molecule has 36 heavy (non-hydrogen) atoms. The molecule has 8 nitrogen and oxygen atoms in total. The van der Waals surface area contributed by atoms with Gasteiger partial charge in [-0.25, -0.2) is 30.7 Å². The van der Waals surface area contributed by atoms with Gasteiger partial charge in [0.1, 0.15) is 51.1 Å². The standard InChI is InChI=1S/C19H5F7N2O6S2/c1-4-7(13(24)10(21)5(2-27)9(4)20)16-18-19(36(31,32)33-16)17(34-35(18,29)30)8-14(25)11(22)6(3-28)12(23)15(8)26/h16-17H,1H3. The summed E-state index contributed by atoms with van der Waals surface area (Å²) in [5.74, 6) is -15.3. The summed E-state index contributed by atoms with van der Waals surface area (Å²) in [6, 6.07) is 1.84. The van der Waals surface area contributed by atoms with Gasteiger partial charge < -0.3 is 0 Å². The normalized spacial score (nSPS) is 21.8. The second kappa shape index (κ2) is 8.00. The molecule has 17 heteroatoms. The minimum Gasteiger partial charge on any atom is -0.252 e. The highest BCUT2D eigenvalue weighted by Crippen LogP contribution is 2.55. The topological polar surface area (TPSA) is 134 Å². The number of hydrogen-bond acceptors (Lipinski definition) is 8. The predicted octanol–water partition coefficient (Wildman–Crippen LogP) is 3.43. The molecule has 2 unspecified atom stereocenters. The quantitative estimate of drug-likeness (QED) is 0.313. The van der Waals surface area contributed by atoms with Gasteiger partial charge in [0.15, 0.2) is 34.9 Å². The first-order chi connectivity index (χ1) is 16.6. The maximum Gasteiger partial charge on any atom is 0.298 e. The Morgan fingerprint density at radius 2 is 0.944 bits per heavy atom. The fourth-order valence-electron chi connectivity index (χ4n) is 3.75. The van der Waals surface area contributed by atoms with E-state index in [1.54, 1.807) is 0 Å². The van der Waals surface area contributed by atoms with Crippen LogP contribution in [0.3, 0.4) is 0 Å². The van der Waals surface area contributed by atoms with Gasteiger partial charge in [-0.15, -0.1) is 0 Å². The van der Waals surface area contributed by atoms with Crippen LogP contribution in [0, 0.1) is 70.3 Å². The van der Waals surface area contributed by atoms with Crippen LogP contribution in [0.25, 0.3) is 0 Å². The van der Waals surface area contributed by atoms with E-state index >= 15 is 0 Å². The van der Waals surface area contributed by atoms with Crippen molar-refractivity contribution in [2.24, 2.45) is 0 Å². The average Bonchev–Trinajstić information content (AvgIpc) is 3.24. The molecule has 2 heterocycles. The van der Waals surface area contributed by atoms with Crippen molar-refractivity contribution in [3.05, 3.63) is 78.3 Å². The molecule has 2 aromatic carbocycles. The van der Waals surface area contributed by atoms with E-state index < -0.39 is 111 Å². The van der Waals surface area contributed by atoms with E-state index in [4.69, 9.17) is 10.5 Å². The molecule has 0 aliphatic carbocycles. The van der Waals surface area contributed by atoms with E-state index in [-0.39, 0.29) is 0 Å². The lowest BCUT2D eigenvalue weighted by atomic mass is 9.97. The van der Waals surface area contributed by atoms with Crippen molar-refractivity contribution in [2.45, 2.75) is 19.1 Å². The smallest absolute Gasteiger partial charge is 0.252 e. The maximum atomic E-state index is 14.8. The van der Waals surface area contributed by atoms with Crippen molar-refractivity contribution in [2.75, 3.05) is 0 Å². The molecule has 188 valence electrons. The van der Waals surface area contributed by atoms with E-state index in [2.05, 4.69) is 8.37 Å². The zero-order valence-corrected chi connectivity index (χ0v) is 18.6. The molecular formula is C19H5F7N2O6S2. The molecule has 2 aromatic rings. The molecule has 0 amide bonds. The molecule has 4 rings (SSSR count). The monoisotopic (exact) mass is 554 g/mol. The van der Waals surface area contributed by atoms with Gasteiger partial charge in [-0.3, -0.25) is 8.37 Å². The Hall–Kier alpha value is -3.51. The predicted molar refractivity (Wildman–Crippen MR) is 99.3 cm³/mol. The number of nitriles is 2. The minimum atomic E-state index is -5.48. The molecule has 0 aromatic heterocycles. The molecule has 0 N–H and O–H groups in total.